The molecule has 0 N–H and O–H groups in total. The molecule has 0 saturated carbocycles. The third-order valence-electron chi connectivity index (χ3n) is 1.04. The largest absolute Gasteiger partial charge is 0.439 e. The molecule has 0 unspecified atom stereocenters. The van der Waals surface area contributed by atoms with E-state index in [0.29, 0.717) is 0 Å². The number of hydrogen-bond donors (Lipinski definition) is 0. The smallest absolute Gasteiger partial charge is 0.297 e. The van der Waals surface area contributed by atoms with E-state index >= 15 is 0 Å². The van der Waals surface area contributed by atoms with Gasteiger partial charge in [0.25, 0.3) is 9.28 Å². The lowest BCUT2D eigenvalue weighted by atomic mass is 11.8. The van der Waals surface area contributed by atoms with E-state index in [4.69, 9.17) is 8.23 Å². The van der Waals surface area contributed by atoms with Gasteiger partial charge in [-0.15, -0.1) is 0 Å². The first kappa shape index (κ1) is 12.6. The van der Waals surface area contributed by atoms with Crippen LogP contribution in [0.25, 0.3) is 0 Å². The maximum Gasteiger partial charge on any atom is 0.297 e. The molecule has 12 heavy (non-hydrogen) atoms. The first-order valence-corrected chi connectivity index (χ1v) is 13.4. The van der Waals surface area contributed by atoms with E-state index in [1.54, 1.807) is 0 Å². The molecule has 0 amide bonds. The summed E-state index contributed by atoms with van der Waals surface area (Å²) in [5, 5.41) is 0. The molecule has 76 valence electrons. The highest BCUT2D eigenvalue weighted by Gasteiger charge is 2.24. The van der Waals surface area contributed by atoms with E-state index in [9.17, 15) is 0 Å². The molecule has 5 heteroatoms. The van der Waals surface area contributed by atoms with Crippen LogP contribution in [0.15, 0.2) is 0 Å². The Morgan fingerprint density at radius 3 is 1.25 bits per heavy atom. The van der Waals surface area contributed by atoms with Gasteiger partial charge in [-0.3, -0.25) is 0 Å². The summed E-state index contributed by atoms with van der Waals surface area (Å²) in [5.74, 6) is 0. The molecule has 0 saturated heterocycles. The third-order valence-corrected chi connectivity index (χ3v) is 9.35. The van der Waals surface area contributed by atoms with Crippen molar-refractivity contribution < 1.29 is 9.66 Å². The van der Waals surface area contributed by atoms with E-state index in [1.807, 2.05) is 0 Å². The molecule has 0 aromatic carbocycles. The molecule has 0 aromatic heterocycles. The average Bonchev–Trinajstić information content (AvgIpc) is 1.49. The van der Waals surface area contributed by atoms with Gasteiger partial charge in [0.1, 0.15) is 0 Å². The van der Waals surface area contributed by atoms with Gasteiger partial charge in [0, 0.05) is 1.43 Å². The molecule has 0 bridgehead atoms. The monoisotopic (exact) mass is 224 g/mol. The predicted octanol–water partition coefficient (Wildman–Crippen LogP) is 2.79. The molecule has 0 aliphatic rings. The van der Waals surface area contributed by atoms with E-state index in [2.05, 4.69) is 45.8 Å². The average molecular weight is 225 g/mol. The Morgan fingerprint density at radius 2 is 1.08 bits per heavy atom. The van der Waals surface area contributed by atoms with Crippen molar-refractivity contribution in [3.63, 3.8) is 0 Å². The van der Waals surface area contributed by atoms with Crippen molar-refractivity contribution in [2.24, 2.45) is 0 Å². The van der Waals surface area contributed by atoms with Crippen LogP contribution in [0.2, 0.25) is 45.8 Å². The van der Waals surface area contributed by atoms with E-state index in [0.717, 1.165) is 0 Å². The summed E-state index contributed by atoms with van der Waals surface area (Å²) in [7, 11) is -4.05. The maximum atomic E-state index is 5.90. The van der Waals surface area contributed by atoms with Gasteiger partial charge in [-0.25, -0.2) is 0 Å². The van der Waals surface area contributed by atoms with Crippen molar-refractivity contribution in [2.45, 2.75) is 45.8 Å². The van der Waals surface area contributed by atoms with Crippen LogP contribution in [-0.2, 0) is 8.23 Å². The van der Waals surface area contributed by atoms with Gasteiger partial charge in [0.15, 0.2) is 16.6 Å². The molecule has 0 heterocycles. The highest BCUT2D eigenvalue weighted by molar-refractivity contribution is 6.80. The molecule has 0 fully saturated rings. The SMILES string of the molecule is C[SiH](O[Si](C)(C)C)O[Si](C)(C)C.[HH]. The lowest BCUT2D eigenvalue weighted by molar-refractivity contribution is 0.428. The van der Waals surface area contributed by atoms with Crippen LogP contribution in [0.1, 0.15) is 1.43 Å². The van der Waals surface area contributed by atoms with Crippen molar-refractivity contribution in [1.82, 2.24) is 0 Å². The van der Waals surface area contributed by atoms with Crippen LogP contribution in [0.5, 0.6) is 0 Å². The number of hydrogen-bond acceptors (Lipinski definition) is 2. The predicted molar refractivity (Wildman–Crippen MR) is 64.0 cm³/mol. The summed E-state index contributed by atoms with van der Waals surface area (Å²) in [6, 6.07) is 0. The van der Waals surface area contributed by atoms with Crippen LogP contribution >= 0.6 is 0 Å². The fraction of sp³-hybridized carbons (Fsp3) is 1.00. The molecule has 0 aliphatic heterocycles. The Morgan fingerprint density at radius 1 is 0.833 bits per heavy atom. The van der Waals surface area contributed by atoms with Gasteiger partial charge >= 0.3 is 0 Å². The molecule has 0 radical (unpaired) electrons. The first-order valence-electron chi connectivity index (χ1n) is 4.46. The zero-order valence-electron chi connectivity index (χ0n) is 9.39. The second-order valence-corrected chi connectivity index (χ2v) is 16.5. The third kappa shape index (κ3) is 8.67. The second kappa shape index (κ2) is 4.19. The summed E-state index contributed by atoms with van der Waals surface area (Å²) in [6.07, 6.45) is 0. The van der Waals surface area contributed by atoms with Crippen LogP contribution in [0, 0.1) is 0 Å². The van der Waals surface area contributed by atoms with Crippen LogP contribution < -0.4 is 0 Å². The van der Waals surface area contributed by atoms with Crippen molar-refractivity contribution in [3.05, 3.63) is 0 Å². The topological polar surface area (TPSA) is 18.5 Å². The summed E-state index contributed by atoms with van der Waals surface area (Å²) in [5.41, 5.74) is 0. The minimum atomic E-state index is -1.36. The molecule has 0 aromatic rings. The van der Waals surface area contributed by atoms with Crippen molar-refractivity contribution in [2.75, 3.05) is 0 Å². The zero-order chi connectivity index (χ0) is 9.99. The van der Waals surface area contributed by atoms with Gasteiger partial charge in [-0.05, 0) is 45.8 Å². The lowest BCUT2D eigenvalue weighted by Gasteiger charge is -2.28. The van der Waals surface area contributed by atoms with Gasteiger partial charge in [0.05, 0.1) is 0 Å². The second-order valence-electron chi connectivity index (χ2n) is 5.03. The maximum absolute atomic E-state index is 5.90. The van der Waals surface area contributed by atoms with Crippen molar-refractivity contribution in [3.8, 4) is 0 Å². The van der Waals surface area contributed by atoms with Gasteiger partial charge in [0.2, 0.25) is 0 Å². The fourth-order valence-electron chi connectivity index (χ4n) is 1.02. The highest BCUT2D eigenvalue weighted by atomic mass is 28.4. The standard InChI is InChI=1S/C7H22O2Si3.H2/c1-10(8-11(2,3)4)9-12(5,6)7;/h10H,1-7H3;1H. The fourth-order valence-corrected chi connectivity index (χ4v) is 9.61. The first-order chi connectivity index (χ1) is 5.10. The van der Waals surface area contributed by atoms with Crippen LogP contribution in [0.4, 0.5) is 0 Å². The normalized spacial score (nSPS) is 14.0. The Labute approximate surface area is 81.9 Å². The molecule has 0 spiro atoms. The lowest BCUT2D eigenvalue weighted by Crippen LogP contribution is -2.41. The molecular weight excluding hydrogens is 200 g/mol. The van der Waals surface area contributed by atoms with Gasteiger partial charge < -0.3 is 8.23 Å². The van der Waals surface area contributed by atoms with Gasteiger partial charge in [-0.1, -0.05) is 0 Å². The number of rotatable bonds is 4. The van der Waals surface area contributed by atoms with Crippen LogP contribution in [-0.4, -0.2) is 25.9 Å². The molecule has 0 atom stereocenters. The summed E-state index contributed by atoms with van der Waals surface area (Å²) < 4.78 is 11.8. The molecule has 2 nitrogen and oxygen atoms in total. The molecule has 0 rings (SSSR count). The Balaban J connectivity index is 0. The quantitative estimate of drug-likeness (QED) is 0.684. The Kier molecular flexibility index (Phi) is 4.39. The Hall–Kier alpha value is 0.571. The van der Waals surface area contributed by atoms with Crippen LogP contribution in [0.3, 0.4) is 0 Å². The molecular formula is C7H24O2Si3. The highest BCUT2D eigenvalue weighted by Crippen LogP contribution is 2.10. The summed E-state index contributed by atoms with van der Waals surface area (Å²) in [4.78, 5) is 0. The summed E-state index contributed by atoms with van der Waals surface area (Å²) in [6.45, 7) is 15.4. The van der Waals surface area contributed by atoms with E-state index < -0.39 is 25.9 Å². The molecule has 0 aliphatic carbocycles. The van der Waals surface area contributed by atoms with Crippen molar-refractivity contribution in [1.29, 1.82) is 0 Å². The summed E-state index contributed by atoms with van der Waals surface area (Å²) >= 11 is 0. The Bertz CT molecular complexity index is 126. The van der Waals surface area contributed by atoms with Gasteiger partial charge in [-0.2, -0.15) is 0 Å². The minimum Gasteiger partial charge on any atom is -0.439 e. The van der Waals surface area contributed by atoms with E-state index in [1.165, 1.54) is 0 Å². The van der Waals surface area contributed by atoms with E-state index in [-0.39, 0.29) is 1.43 Å². The van der Waals surface area contributed by atoms with Crippen molar-refractivity contribution >= 4 is 25.9 Å². The zero-order valence-corrected chi connectivity index (χ0v) is 12.5. The minimum absolute atomic E-state index is 0.